The second-order valence-electron chi connectivity index (χ2n) is 8.94. The van der Waals surface area contributed by atoms with Gasteiger partial charge in [-0.1, -0.05) is 26.0 Å². The third-order valence-electron chi connectivity index (χ3n) is 5.90. The van der Waals surface area contributed by atoms with Crippen molar-refractivity contribution in [2.45, 2.75) is 45.2 Å². The third-order valence-corrected chi connectivity index (χ3v) is 5.90. The first-order valence-corrected chi connectivity index (χ1v) is 11.3. The van der Waals surface area contributed by atoms with Crippen LogP contribution in [0.1, 0.15) is 50.1 Å². The van der Waals surface area contributed by atoms with Gasteiger partial charge in [-0.3, -0.25) is 4.90 Å². The molecule has 1 aliphatic heterocycles. The second kappa shape index (κ2) is 10.1. The molecule has 1 aliphatic rings. The molecule has 1 saturated heterocycles. The van der Waals surface area contributed by atoms with Crippen molar-refractivity contribution in [1.29, 1.82) is 0 Å². The molecule has 6 nitrogen and oxygen atoms in total. The van der Waals surface area contributed by atoms with E-state index in [0.29, 0.717) is 31.2 Å². The highest BCUT2D eigenvalue weighted by molar-refractivity contribution is 5.82. The number of hydrogen-bond donors (Lipinski definition) is 1. The van der Waals surface area contributed by atoms with Gasteiger partial charge in [0.1, 0.15) is 24.1 Å². The van der Waals surface area contributed by atoms with Crippen LogP contribution in [-0.4, -0.2) is 46.0 Å². The number of fused-ring (bicyclic) bond motifs is 1. The molecule has 0 aliphatic carbocycles. The number of nitrogens with zero attached hydrogens (tertiary/aromatic N) is 3. The van der Waals surface area contributed by atoms with E-state index in [9.17, 15) is 18.3 Å². The van der Waals surface area contributed by atoms with Crippen LogP contribution in [0.25, 0.3) is 10.9 Å². The molecule has 2 aromatic carbocycles. The minimum absolute atomic E-state index is 0.221. The molecule has 1 fully saturated rings. The van der Waals surface area contributed by atoms with Gasteiger partial charge in [0.15, 0.2) is 0 Å². The number of halogens is 3. The zero-order valence-electron chi connectivity index (χ0n) is 19.1. The zero-order valence-corrected chi connectivity index (χ0v) is 19.1. The van der Waals surface area contributed by atoms with Gasteiger partial charge in [0.2, 0.25) is 0 Å². The van der Waals surface area contributed by atoms with Crippen LogP contribution in [0.4, 0.5) is 13.2 Å². The number of likely N-dealkylation sites (tertiary alicyclic amines) is 1. The maximum atomic E-state index is 12.4. The van der Waals surface area contributed by atoms with Gasteiger partial charge in [-0.2, -0.15) is 0 Å². The molecule has 4 rings (SSSR count). The van der Waals surface area contributed by atoms with Crippen molar-refractivity contribution < 1.29 is 27.8 Å². The number of ether oxygens (including phenoxy) is 2. The van der Waals surface area contributed by atoms with Crippen LogP contribution in [0.2, 0.25) is 0 Å². The molecule has 182 valence electrons. The molecule has 9 heteroatoms. The Morgan fingerprint density at radius 1 is 1.03 bits per heavy atom. The zero-order chi connectivity index (χ0) is 24.3. The van der Waals surface area contributed by atoms with E-state index in [1.54, 1.807) is 6.33 Å². The summed E-state index contributed by atoms with van der Waals surface area (Å²) < 4.78 is 46.8. The topological polar surface area (TPSA) is 67.7 Å². The third kappa shape index (κ3) is 5.95. The van der Waals surface area contributed by atoms with Gasteiger partial charge < -0.3 is 14.6 Å². The average molecular weight is 476 g/mol. The van der Waals surface area contributed by atoms with Crippen molar-refractivity contribution in [3.05, 3.63) is 60.0 Å². The summed E-state index contributed by atoms with van der Waals surface area (Å²) in [5.74, 6) is 1.13. The average Bonchev–Trinajstić information content (AvgIpc) is 2.81. The van der Waals surface area contributed by atoms with Gasteiger partial charge in [0.05, 0.1) is 17.8 Å². The molecule has 1 aromatic heterocycles. The van der Waals surface area contributed by atoms with Crippen LogP contribution in [0.15, 0.2) is 48.8 Å². The Labute approximate surface area is 196 Å². The number of piperidine rings is 1. The van der Waals surface area contributed by atoms with E-state index in [-0.39, 0.29) is 11.7 Å². The van der Waals surface area contributed by atoms with Crippen molar-refractivity contribution in [3.63, 3.8) is 0 Å². The molecule has 2 heterocycles. The van der Waals surface area contributed by atoms with E-state index in [1.807, 2.05) is 23.1 Å². The summed E-state index contributed by atoms with van der Waals surface area (Å²) in [6, 6.07) is 11.2. The van der Waals surface area contributed by atoms with E-state index in [4.69, 9.17) is 4.74 Å². The van der Waals surface area contributed by atoms with Crippen LogP contribution in [0.5, 0.6) is 11.5 Å². The first kappa shape index (κ1) is 24.2. The molecular formula is C25H28F3N3O3. The lowest BCUT2D eigenvalue weighted by Crippen LogP contribution is -2.36. The molecule has 0 amide bonds. The number of aliphatic hydroxyl groups is 1. The second-order valence-corrected chi connectivity index (χ2v) is 8.94. The molecule has 34 heavy (non-hydrogen) atoms. The molecule has 3 aromatic rings. The maximum Gasteiger partial charge on any atom is 0.573 e. The molecule has 0 bridgehead atoms. The number of alkyl halides is 3. The Hall–Kier alpha value is -2.91. The molecule has 1 N–H and O–H groups in total. The van der Waals surface area contributed by atoms with Crippen molar-refractivity contribution >= 4 is 10.9 Å². The summed E-state index contributed by atoms with van der Waals surface area (Å²) in [5.41, 5.74) is 2.35. The van der Waals surface area contributed by atoms with Gasteiger partial charge in [0, 0.05) is 30.5 Å². The first-order chi connectivity index (χ1) is 16.2. The Balaban J connectivity index is 1.40. The predicted molar refractivity (Wildman–Crippen MR) is 122 cm³/mol. The predicted octanol–water partition coefficient (Wildman–Crippen LogP) is 5.43. The highest BCUT2D eigenvalue weighted by atomic mass is 19.4. The molecule has 0 saturated carbocycles. The van der Waals surface area contributed by atoms with Crippen molar-refractivity contribution in [1.82, 2.24) is 14.9 Å². The number of benzene rings is 2. The van der Waals surface area contributed by atoms with Crippen LogP contribution in [0.3, 0.4) is 0 Å². The summed E-state index contributed by atoms with van der Waals surface area (Å²) in [4.78, 5) is 10.9. The van der Waals surface area contributed by atoms with Crippen molar-refractivity contribution in [2.24, 2.45) is 5.92 Å². The van der Waals surface area contributed by atoms with Gasteiger partial charge >= 0.3 is 6.36 Å². The SMILES string of the molecule is CC(C)COc1ccc2c(C3CCN(C(O)c4ccc(OC(F)(F)F)cc4)CC3)ncnc2c1. The number of aromatic nitrogens is 2. The Bertz CT molecular complexity index is 1100. The van der Waals surface area contributed by atoms with E-state index < -0.39 is 12.6 Å². The van der Waals surface area contributed by atoms with Crippen molar-refractivity contribution in [3.8, 4) is 11.5 Å². The monoisotopic (exact) mass is 475 g/mol. The fourth-order valence-corrected chi connectivity index (χ4v) is 4.21. The minimum Gasteiger partial charge on any atom is -0.493 e. The Morgan fingerprint density at radius 3 is 2.35 bits per heavy atom. The Morgan fingerprint density at radius 2 is 1.71 bits per heavy atom. The molecule has 1 atom stereocenters. The van der Waals surface area contributed by atoms with Crippen LogP contribution < -0.4 is 9.47 Å². The van der Waals surface area contributed by atoms with Gasteiger partial charge in [0.25, 0.3) is 0 Å². The van der Waals surface area contributed by atoms with Crippen LogP contribution in [0, 0.1) is 5.92 Å². The van der Waals surface area contributed by atoms with Gasteiger partial charge in [-0.05, 0) is 48.6 Å². The summed E-state index contributed by atoms with van der Waals surface area (Å²) in [6.07, 6.45) is -2.47. The lowest BCUT2D eigenvalue weighted by atomic mass is 9.90. The highest BCUT2D eigenvalue weighted by Crippen LogP contribution is 2.34. The molecule has 1 unspecified atom stereocenters. The molecule has 0 spiro atoms. The number of rotatable bonds is 7. The van der Waals surface area contributed by atoms with Gasteiger partial charge in [-0.25, -0.2) is 9.97 Å². The quantitative estimate of drug-likeness (QED) is 0.491. The van der Waals surface area contributed by atoms with E-state index in [0.717, 1.165) is 35.2 Å². The largest absolute Gasteiger partial charge is 0.573 e. The summed E-state index contributed by atoms with van der Waals surface area (Å²) in [5, 5.41) is 11.7. The van der Waals surface area contributed by atoms with E-state index >= 15 is 0 Å². The van der Waals surface area contributed by atoms with Crippen molar-refractivity contribution in [2.75, 3.05) is 19.7 Å². The Kier molecular flexibility index (Phi) is 7.23. The number of hydrogen-bond acceptors (Lipinski definition) is 6. The first-order valence-electron chi connectivity index (χ1n) is 11.3. The normalized spacial score (nSPS) is 16.7. The molecule has 0 radical (unpaired) electrons. The fourth-order valence-electron chi connectivity index (χ4n) is 4.21. The summed E-state index contributed by atoms with van der Waals surface area (Å²) in [7, 11) is 0. The number of aliphatic hydroxyl groups excluding tert-OH is 1. The maximum absolute atomic E-state index is 12.4. The van der Waals surface area contributed by atoms with Crippen LogP contribution >= 0.6 is 0 Å². The minimum atomic E-state index is -4.74. The van der Waals surface area contributed by atoms with E-state index in [1.165, 1.54) is 24.3 Å². The lowest BCUT2D eigenvalue weighted by molar-refractivity contribution is -0.274. The standard InChI is InChI=1S/C25H28F3N3O3/c1-16(2)14-33-20-7-8-21-22(13-20)29-15-30-23(21)17-9-11-31(12-10-17)24(32)18-3-5-19(6-4-18)34-25(26,27)28/h3-8,13,15-17,24,32H,9-12,14H2,1-2H3. The fraction of sp³-hybridized carbons (Fsp3) is 0.440. The van der Waals surface area contributed by atoms with Gasteiger partial charge in [-0.15, -0.1) is 13.2 Å². The summed E-state index contributed by atoms with van der Waals surface area (Å²) >= 11 is 0. The molecular weight excluding hydrogens is 447 g/mol. The lowest BCUT2D eigenvalue weighted by Gasteiger charge is -2.35. The smallest absolute Gasteiger partial charge is 0.493 e. The van der Waals surface area contributed by atoms with E-state index in [2.05, 4.69) is 28.6 Å². The van der Waals surface area contributed by atoms with Crippen LogP contribution in [-0.2, 0) is 0 Å². The summed E-state index contributed by atoms with van der Waals surface area (Å²) in [6.45, 7) is 6.10. The highest BCUT2D eigenvalue weighted by Gasteiger charge is 2.31.